The lowest BCUT2D eigenvalue weighted by Gasteiger charge is -2.33. The number of amides is 2. The molecule has 144 valence electrons. The maximum absolute atomic E-state index is 12.6. The molecule has 1 heterocycles. The van der Waals surface area contributed by atoms with Gasteiger partial charge in [0.05, 0.1) is 6.61 Å². The zero-order chi connectivity index (χ0) is 19.1. The highest BCUT2D eigenvalue weighted by Gasteiger charge is 2.30. The standard InChI is InChI=1S/C21H32N2O3/c1-15(2)16(3)22-20(24)19-10-12-23(13-11-19)21(25)17(4)26-14-18-8-6-5-7-9-18/h5-9,15-17,19H,10-14H2,1-4H3,(H,22,24). The Morgan fingerprint density at radius 3 is 2.31 bits per heavy atom. The van der Waals surface area contributed by atoms with Gasteiger partial charge >= 0.3 is 0 Å². The summed E-state index contributed by atoms with van der Waals surface area (Å²) in [4.78, 5) is 26.7. The Morgan fingerprint density at radius 1 is 1.12 bits per heavy atom. The number of carbonyl (C=O) groups excluding carboxylic acids is 2. The second-order valence-corrected chi connectivity index (χ2v) is 7.58. The number of nitrogens with one attached hydrogen (secondary N) is 1. The number of ether oxygens (including phenoxy) is 1. The Balaban J connectivity index is 1.75. The molecule has 2 rings (SSSR count). The first-order chi connectivity index (χ1) is 12.4. The van der Waals surface area contributed by atoms with E-state index in [4.69, 9.17) is 4.74 Å². The minimum Gasteiger partial charge on any atom is -0.364 e. The van der Waals surface area contributed by atoms with Crippen LogP contribution in [0.25, 0.3) is 0 Å². The van der Waals surface area contributed by atoms with Crippen LogP contribution in [0.15, 0.2) is 30.3 Å². The van der Waals surface area contributed by atoms with E-state index in [1.165, 1.54) is 0 Å². The molecule has 0 saturated carbocycles. The monoisotopic (exact) mass is 360 g/mol. The van der Waals surface area contributed by atoms with Crippen LogP contribution in [0.4, 0.5) is 0 Å². The van der Waals surface area contributed by atoms with Gasteiger partial charge in [-0.3, -0.25) is 9.59 Å². The van der Waals surface area contributed by atoms with Crippen LogP contribution in [0.3, 0.4) is 0 Å². The maximum atomic E-state index is 12.6. The van der Waals surface area contributed by atoms with Gasteiger partial charge < -0.3 is 15.0 Å². The Bertz CT molecular complexity index is 580. The molecule has 2 atom stereocenters. The van der Waals surface area contributed by atoms with Crippen LogP contribution in [0, 0.1) is 11.8 Å². The smallest absolute Gasteiger partial charge is 0.251 e. The molecule has 1 saturated heterocycles. The summed E-state index contributed by atoms with van der Waals surface area (Å²) < 4.78 is 5.73. The van der Waals surface area contributed by atoms with Crippen molar-refractivity contribution in [3.05, 3.63) is 35.9 Å². The first-order valence-electron chi connectivity index (χ1n) is 9.63. The van der Waals surface area contributed by atoms with Crippen molar-refractivity contribution in [1.82, 2.24) is 10.2 Å². The van der Waals surface area contributed by atoms with Gasteiger partial charge in [0.25, 0.3) is 5.91 Å². The summed E-state index contributed by atoms with van der Waals surface area (Å²) in [6, 6.07) is 10.0. The molecule has 0 aliphatic carbocycles. The van der Waals surface area contributed by atoms with Gasteiger partial charge in [-0.05, 0) is 38.2 Å². The summed E-state index contributed by atoms with van der Waals surface area (Å²) in [6.45, 7) is 9.70. The van der Waals surface area contributed by atoms with E-state index in [0.29, 0.717) is 38.5 Å². The highest BCUT2D eigenvalue weighted by Crippen LogP contribution is 2.19. The lowest BCUT2D eigenvalue weighted by molar-refractivity contribution is -0.146. The average Bonchev–Trinajstić information content (AvgIpc) is 2.66. The number of rotatable bonds is 7. The van der Waals surface area contributed by atoms with Gasteiger partial charge in [0.1, 0.15) is 6.10 Å². The normalized spacial score (nSPS) is 17.8. The highest BCUT2D eigenvalue weighted by atomic mass is 16.5. The highest BCUT2D eigenvalue weighted by molar-refractivity contribution is 5.82. The zero-order valence-corrected chi connectivity index (χ0v) is 16.4. The molecule has 0 bridgehead atoms. The van der Waals surface area contributed by atoms with Crippen LogP contribution in [0.1, 0.15) is 46.1 Å². The Kier molecular flexibility index (Phi) is 7.64. The van der Waals surface area contributed by atoms with E-state index in [2.05, 4.69) is 19.2 Å². The summed E-state index contributed by atoms with van der Waals surface area (Å²) in [7, 11) is 0. The van der Waals surface area contributed by atoms with Crippen molar-refractivity contribution in [2.75, 3.05) is 13.1 Å². The molecular formula is C21H32N2O3. The SMILES string of the molecule is CC(OCc1ccccc1)C(=O)N1CCC(C(=O)NC(C)C(C)C)CC1. The summed E-state index contributed by atoms with van der Waals surface area (Å²) in [5.41, 5.74) is 1.06. The molecule has 1 aliphatic heterocycles. The first kappa shape index (κ1) is 20.4. The summed E-state index contributed by atoms with van der Waals surface area (Å²) >= 11 is 0. The van der Waals surface area contributed by atoms with Crippen molar-refractivity contribution >= 4 is 11.8 Å². The predicted octanol–water partition coefficient (Wildman–Crippen LogP) is 2.99. The van der Waals surface area contributed by atoms with E-state index in [9.17, 15) is 9.59 Å². The number of piperidine rings is 1. The van der Waals surface area contributed by atoms with Gasteiger partial charge in [0.2, 0.25) is 5.91 Å². The van der Waals surface area contributed by atoms with Gasteiger partial charge in [-0.1, -0.05) is 44.2 Å². The number of likely N-dealkylation sites (tertiary alicyclic amines) is 1. The van der Waals surface area contributed by atoms with Gasteiger partial charge in [-0.25, -0.2) is 0 Å². The van der Waals surface area contributed by atoms with Gasteiger partial charge in [-0.2, -0.15) is 0 Å². The van der Waals surface area contributed by atoms with Gasteiger partial charge in [-0.15, -0.1) is 0 Å². The van der Waals surface area contributed by atoms with Crippen LogP contribution in [-0.4, -0.2) is 41.9 Å². The molecule has 1 aromatic rings. The third kappa shape index (κ3) is 5.84. The van der Waals surface area contributed by atoms with Crippen molar-refractivity contribution in [3.63, 3.8) is 0 Å². The largest absolute Gasteiger partial charge is 0.364 e. The molecule has 0 spiro atoms. The number of carbonyl (C=O) groups is 2. The molecule has 0 aromatic heterocycles. The van der Waals surface area contributed by atoms with Crippen LogP contribution in [0.2, 0.25) is 0 Å². The number of nitrogens with zero attached hydrogens (tertiary/aromatic N) is 1. The molecule has 26 heavy (non-hydrogen) atoms. The van der Waals surface area contributed by atoms with E-state index < -0.39 is 6.10 Å². The van der Waals surface area contributed by atoms with E-state index >= 15 is 0 Å². The van der Waals surface area contributed by atoms with Crippen LogP contribution >= 0.6 is 0 Å². The molecule has 1 aromatic carbocycles. The number of hydrogen-bond acceptors (Lipinski definition) is 3. The van der Waals surface area contributed by atoms with E-state index in [0.717, 1.165) is 5.56 Å². The van der Waals surface area contributed by atoms with Crippen LogP contribution in [0.5, 0.6) is 0 Å². The maximum Gasteiger partial charge on any atom is 0.251 e. The van der Waals surface area contributed by atoms with Crippen molar-refractivity contribution in [1.29, 1.82) is 0 Å². The lowest BCUT2D eigenvalue weighted by Crippen LogP contribution is -2.48. The van der Waals surface area contributed by atoms with Gasteiger partial charge in [0, 0.05) is 25.0 Å². The van der Waals surface area contributed by atoms with Crippen molar-refractivity contribution in [3.8, 4) is 0 Å². The van der Waals surface area contributed by atoms with Crippen molar-refractivity contribution in [2.45, 2.75) is 59.3 Å². The second kappa shape index (κ2) is 9.72. The van der Waals surface area contributed by atoms with E-state index in [1.54, 1.807) is 6.92 Å². The Labute approximate surface area is 157 Å². The fourth-order valence-corrected chi connectivity index (χ4v) is 2.99. The van der Waals surface area contributed by atoms with Gasteiger partial charge in [0.15, 0.2) is 0 Å². The third-order valence-corrected chi connectivity index (χ3v) is 5.24. The van der Waals surface area contributed by atoms with E-state index in [-0.39, 0.29) is 23.8 Å². The molecule has 5 nitrogen and oxygen atoms in total. The van der Waals surface area contributed by atoms with E-state index in [1.807, 2.05) is 42.2 Å². The molecule has 2 amide bonds. The Morgan fingerprint density at radius 2 is 1.73 bits per heavy atom. The number of hydrogen-bond donors (Lipinski definition) is 1. The average molecular weight is 360 g/mol. The molecule has 1 N–H and O–H groups in total. The minimum absolute atomic E-state index is 0.000734. The second-order valence-electron chi connectivity index (χ2n) is 7.58. The quantitative estimate of drug-likeness (QED) is 0.813. The Hall–Kier alpha value is -1.88. The van der Waals surface area contributed by atoms with Crippen LogP contribution in [-0.2, 0) is 20.9 Å². The molecule has 1 fully saturated rings. The third-order valence-electron chi connectivity index (χ3n) is 5.24. The molecule has 1 aliphatic rings. The molecule has 0 radical (unpaired) electrons. The first-order valence-corrected chi connectivity index (χ1v) is 9.63. The minimum atomic E-state index is -0.471. The molecule has 5 heteroatoms. The fraction of sp³-hybridized carbons (Fsp3) is 0.619. The fourth-order valence-electron chi connectivity index (χ4n) is 2.99. The summed E-state index contributed by atoms with van der Waals surface area (Å²) in [5, 5.41) is 3.09. The molecule has 2 unspecified atom stereocenters. The zero-order valence-electron chi connectivity index (χ0n) is 16.4. The summed E-state index contributed by atoms with van der Waals surface area (Å²) in [5.74, 6) is 0.547. The topological polar surface area (TPSA) is 58.6 Å². The molecular weight excluding hydrogens is 328 g/mol. The lowest BCUT2D eigenvalue weighted by atomic mass is 9.94. The van der Waals surface area contributed by atoms with Crippen molar-refractivity contribution < 1.29 is 14.3 Å². The number of benzene rings is 1. The van der Waals surface area contributed by atoms with Crippen molar-refractivity contribution in [2.24, 2.45) is 11.8 Å². The summed E-state index contributed by atoms with van der Waals surface area (Å²) in [6.07, 6.45) is 0.961. The van der Waals surface area contributed by atoms with Crippen LogP contribution < -0.4 is 5.32 Å². The predicted molar refractivity (Wildman–Crippen MR) is 102 cm³/mol.